The van der Waals surface area contributed by atoms with Crippen molar-refractivity contribution in [2.24, 2.45) is 7.05 Å². The van der Waals surface area contributed by atoms with Gasteiger partial charge in [-0.15, -0.1) is 0 Å². The normalized spacial score (nSPS) is 13.0. The Labute approximate surface area is 223 Å². The maximum Gasteiger partial charge on any atom is 0.350 e. The number of carbonyl (C=O) groups is 2. The number of anilines is 1. The minimum Gasteiger partial charge on any atom is -0.349 e. The number of aryl methyl sites for hydroxylation is 3. The van der Waals surface area contributed by atoms with Crippen molar-refractivity contribution >= 4 is 23.0 Å². The minimum atomic E-state index is -0.366. The highest BCUT2D eigenvalue weighted by Crippen LogP contribution is 2.26. The summed E-state index contributed by atoms with van der Waals surface area (Å²) >= 11 is 0. The molecule has 1 aliphatic rings. The van der Waals surface area contributed by atoms with E-state index in [-0.39, 0.29) is 29.2 Å². The maximum absolute atomic E-state index is 13.3. The van der Waals surface area contributed by atoms with Crippen LogP contribution in [0.4, 0.5) is 5.69 Å². The Morgan fingerprint density at radius 3 is 2.41 bits per heavy atom. The Balaban J connectivity index is 1.28. The molecule has 0 radical (unpaired) electrons. The lowest BCUT2D eigenvalue weighted by atomic mass is 10.1. The van der Waals surface area contributed by atoms with Gasteiger partial charge in [-0.2, -0.15) is 5.10 Å². The van der Waals surface area contributed by atoms with Crippen LogP contribution in [0.2, 0.25) is 0 Å². The highest BCUT2D eigenvalue weighted by atomic mass is 16.2. The van der Waals surface area contributed by atoms with Gasteiger partial charge in [0.1, 0.15) is 5.82 Å². The SMILES string of the molecule is Cc1cn2cc(-c3ccc(-n4c(C)nn(C)c4=O)cc3)cc2c(C(=O)Nc2cccc(C(=O)NC3CC3)c2)n1. The van der Waals surface area contributed by atoms with Crippen LogP contribution in [0.3, 0.4) is 0 Å². The van der Waals surface area contributed by atoms with Gasteiger partial charge in [0.15, 0.2) is 5.69 Å². The Hall–Kier alpha value is -4.99. The van der Waals surface area contributed by atoms with Crippen molar-refractivity contribution in [3.05, 3.63) is 100 Å². The summed E-state index contributed by atoms with van der Waals surface area (Å²) in [6.45, 7) is 3.62. The second-order valence-corrected chi connectivity index (χ2v) is 9.87. The number of amides is 2. The molecular formula is C29H27N7O3. The molecule has 0 atom stereocenters. The van der Waals surface area contributed by atoms with Crippen LogP contribution in [-0.4, -0.2) is 41.6 Å². The van der Waals surface area contributed by atoms with Gasteiger partial charge in [0, 0.05) is 42.3 Å². The van der Waals surface area contributed by atoms with E-state index in [2.05, 4.69) is 20.7 Å². The van der Waals surface area contributed by atoms with Gasteiger partial charge >= 0.3 is 5.69 Å². The second kappa shape index (κ2) is 9.39. The van der Waals surface area contributed by atoms with Crippen molar-refractivity contribution in [1.82, 2.24) is 29.0 Å². The van der Waals surface area contributed by atoms with Crippen LogP contribution in [0.1, 0.15) is 45.2 Å². The Morgan fingerprint density at radius 2 is 1.72 bits per heavy atom. The van der Waals surface area contributed by atoms with Crippen molar-refractivity contribution in [2.75, 3.05) is 5.32 Å². The first kappa shape index (κ1) is 24.4. The number of hydrogen-bond acceptors (Lipinski definition) is 5. The van der Waals surface area contributed by atoms with Crippen molar-refractivity contribution in [3.63, 3.8) is 0 Å². The van der Waals surface area contributed by atoms with E-state index in [1.807, 2.05) is 54.0 Å². The molecule has 196 valence electrons. The van der Waals surface area contributed by atoms with E-state index < -0.39 is 0 Å². The summed E-state index contributed by atoms with van der Waals surface area (Å²) in [7, 11) is 1.62. The first-order chi connectivity index (χ1) is 18.8. The minimum absolute atomic E-state index is 0.143. The van der Waals surface area contributed by atoms with Gasteiger partial charge in [0.05, 0.1) is 16.9 Å². The van der Waals surface area contributed by atoms with E-state index in [1.54, 1.807) is 42.8 Å². The molecule has 0 spiro atoms. The number of benzene rings is 2. The lowest BCUT2D eigenvalue weighted by molar-refractivity contribution is 0.0949. The molecule has 2 N–H and O–H groups in total. The fourth-order valence-electron chi connectivity index (χ4n) is 4.68. The molecule has 1 aliphatic carbocycles. The molecule has 1 saturated carbocycles. The summed E-state index contributed by atoms with van der Waals surface area (Å²) in [5, 5.41) is 10.0. The zero-order valence-electron chi connectivity index (χ0n) is 21.8. The van der Waals surface area contributed by atoms with Crippen LogP contribution < -0.4 is 16.3 Å². The smallest absolute Gasteiger partial charge is 0.349 e. The molecule has 10 nitrogen and oxygen atoms in total. The van der Waals surface area contributed by atoms with Crippen LogP contribution in [0.15, 0.2) is 71.8 Å². The van der Waals surface area contributed by atoms with E-state index >= 15 is 0 Å². The number of rotatable bonds is 6. The third-order valence-electron chi connectivity index (χ3n) is 6.76. The fourth-order valence-corrected chi connectivity index (χ4v) is 4.68. The molecular weight excluding hydrogens is 494 g/mol. The zero-order chi connectivity index (χ0) is 27.3. The summed E-state index contributed by atoms with van der Waals surface area (Å²) in [5.74, 6) is 0.0986. The molecule has 0 aliphatic heterocycles. The molecule has 6 rings (SSSR count). The zero-order valence-corrected chi connectivity index (χ0v) is 21.8. The molecule has 3 aromatic heterocycles. The highest BCUT2D eigenvalue weighted by molar-refractivity contribution is 6.08. The third-order valence-corrected chi connectivity index (χ3v) is 6.76. The van der Waals surface area contributed by atoms with E-state index in [0.29, 0.717) is 28.3 Å². The topological polar surface area (TPSA) is 115 Å². The Morgan fingerprint density at radius 1 is 0.949 bits per heavy atom. The average Bonchev–Trinajstić information content (AvgIpc) is 3.56. The van der Waals surface area contributed by atoms with Crippen molar-refractivity contribution in [1.29, 1.82) is 0 Å². The number of nitrogens with one attached hydrogen (secondary N) is 2. The van der Waals surface area contributed by atoms with Gasteiger partial charge in [-0.25, -0.2) is 19.0 Å². The molecule has 0 unspecified atom stereocenters. The van der Waals surface area contributed by atoms with Gasteiger partial charge in [-0.3, -0.25) is 9.59 Å². The van der Waals surface area contributed by atoms with Gasteiger partial charge in [0.2, 0.25) is 0 Å². The average molecular weight is 522 g/mol. The van der Waals surface area contributed by atoms with E-state index in [0.717, 1.165) is 29.7 Å². The van der Waals surface area contributed by atoms with Crippen LogP contribution >= 0.6 is 0 Å². The molecule has 10 heteroatoms. The Kier molecular flexibility index (Phi) is 5.86. The largest absolute Gasteiger partial charge is 0.350 e. The summed E-state index contributed by atoms with van der Waals surface area (Å²) < 4.78 is 4.75. The van der Waals surface area contributed by atoms with Crippen molar-refractivity contribution < 1.29 is 9.59 Å². The first-order valence-corrected chi connectivity index (χ1v) is 12.7. The molecule has 1 fully saturated rings. The number of aromatic nitrogens is 5. The summed E-state index contributed by atoms with van der Waals surface area (Å²) in [6.07, 6.45) is 5.82. The van der Waals surface area contributed by atoms with Gasteiger partial charge in [-0.1, -0.05) is 18.2 Å². The summed E-state index contributed by atoms with van der Waals surface area (Å²) in [5.41, 5.74) is 4.99. The van der Waals surface area contributed by atoms with E-state index in [9.17, 15) is 14.4 Å². The lowest BCUT2D eigenvalue weighted by Gasteiger charge is -2.09. The van der Waals surface area contributed by atoms with Crippen LogP contribution in [0.5, 0.6) is 0 Å². The second-order valence-electron chi connectivity index (χ2n) is 9.87. The maximum atomic E-state index is 13.3. The van der Waals surface area contributed by atoms with Crippen LogP contribution in [0.25, 0.3) is 22.3 Å². The predicted molar refractivity (Wildman–Crippen MR) is 147 cm³/mol. The van der Waals surface area contributed by atoms with Crippen molar-refractivity contribution in [3.8, 4) is 16.8 Å². The summed E-state index contributed by atoms with van der Waals surface area (Å²) in [4.78, 5) is 42.7. The van der Waals surface area contributed by atoms with Crippen LogP contribution in [-0.2, 0) is 7.05 Å². The number of carbonyl (C=O) groups excluding carboxylic acids is 2. The monoisotopic (exact) mass is 521 g/mol. The number of hydrogen-bond donors (Lipinski definition) is 2. The number of fused-ring (bicyclic) bond motifs is 1. The number of nitrogens with zero attached hydrogens (tertiary/aromatic N) is 5. The molecule has 2 amide bonds. The molecule has 2 aromatic carbocycles. The van der Waals surface area contributed by atoms with E-state index in [4.69, 9.17) is 0 Å². The Bertz CT molecular complexity index is 1810. The molecule has 0 saturated heterocycles. The van der Waals surface area contributed by atoms with Crippen molar-refractivity contribution in [2.45, 2.75) is 32.7 Å². The standard InChI is InChI=1S/C29H27N7O3/c1-17-15-35-16-21(19-7-11-24(12-8-19)36-18(2)33-34(3)29(36)39)14-25(35)26(30-17)28(38)32-23-6-4-5-20(13-23)27(37)31-22-9-10-22/h4-8,11-16,22H,9-10H2,1-3H3,(H,31,37)(H,32,38). The lowest BCUT2D eigenvalue weighted by Crippen LogP contribution is -2.25. The predicted octanol–water partition coefficient (Wildman–Crippen LogP) is 3.65. The highest BCUT2D eigenvalue weighted by Gasteiger charge is 2.24. The van der Waals surface area contributed by atoms with Gasteiger partial charge in [0.25, 0.3) is 11.8 Å². The quantitative estimate of drug-likeness (QED) is 0.354. The first-order valence-electron chi connectivity index (χ1n) is 12.7. The van der Waals surface area contributed by atoms with Gasteiger partial charge < -0.3 is 15.0 Å². The molecule has 39 heavy (non-hydrogen) atoms. The van der Waals surface area contributed by atoms with Gasteiger partial charge in [-0.05, 0) is 68.7 Å². The van der Waals surface area contributed by atoms with E-state index in [1.165, 1.54) is 4.68 Å². The fraction of sp³-hybridized carbons (Fsp3) is 0.207. The third kappa shape index (κ3) is 4.72. The van der Waals surface area contributed by atoms with Crippen LogP contribution in [0, 0.1) is 13.8 Å². The molecule has 5 aromatic rings. The summed E-state index contributed by atoms with van der Waals surface area (Å²) in [6, 6.07) is 16.7. The molecule has 3 heterocycles. The molecule has 0 bridgehead atoms.